The van der Waals surface area contributed by atoms with Gasteiger partial charge in [0.05, 0.1) is 35.6 Å². The van der Waals surface area contributed by atoms with Crippen LogP contribution in [0.15, 0.2) is 0 Å². The zero-order valence-corrected chi connectivity index (χ0v) is 13.0. The van der Waals surface area contributed by atoms with Crippen molar-refractivity contribution >= 4 is 0 Å². The van der Waals surface area contributed by atoms with E-state index in [4.69, 9.17) is 19.7 Å². The molecule has 1 fully saturated rings. The summed E-state index contributed by atoms with van der Waals surface area (Å²) in [6, 6.07) is 0. The molecule has 0 aromatic carbocycles. The smallest absolute Gasteiger partial charge is 0.0914 e. The van der Waals surface area contributed by atoms with E-state index in [1.165, 1.54) is 0 Å². The van der Waals surface area contributed by atoms with Gasteiger partial charge >= 0.3 is 0 Å². The third-order valence-corrected chi connectivity index (χ3v) is 3.77. The van der Waals surface area contributed by atoms with E-state index >= 15 is 0 Å². The average Bonchev–Trinajstić information content (AvgIpc) is 2.14. The Kier molecular flexibility index (Phi) is 6.27. The molecule has 0 amide bonds. The molecule has 0 spiro atoms. The maximum absolute atomic E-state index is 8.38. The Morgan fingerprint density at radius 3 is 1.17 bits per heavy atom. The van der Waals surface area contributed by atoms with E-state index in [0.29, 0.717) is 0 Å². The van der Waals surface area contributed by atoms with Crippen molar-refractivity contribution in [2.45, 2.75) is 91.0 Å². The molecule has 1 aliphatic heterocycles. The van der Waals surface area contributed by atoms with Crippen molar-refractivity contribution < 1.29 is 19.7 Å². The maximum atomic E-state index is 8.38. The van der Waals surface area contributed by atoms with Crippen molar-refractivity contribution in [3.63, 3.8) is 0 Å². The van der Waals surface area contributed by atoms with Gasteiger partial charge < -0.3 is 19.7 Å². The lowest BCUT2D eigenvalue weighted by Gasteiger charge is -2.50. The minimum absolute atomic E-state index is 0.188. The van der Waals surface area contributed by atoms with Crippen LogP contribution in [0.1, 0.15) is 55.4 Å². The summed E-state index contributed by atoms with van der Waals surface area (Å²) < 4.78 is 11.8. The Hall–Kier alpha value is -0.160. The van der Waals surface area contributed by atoms with Gasteiger partial charge in [0.1, 0.15) is 0 Å². The van der Waals surface area contributed by atoms with Gasteiger partial charge in [-0.2, -0.15) is 0 Å². The molecule has 0 unspecified atom stereocenters. The molecule has 0 aromatic heterocycles. The van der Waals surface area contributed by atoms with Gasteiger partial charge in [-0.25, -0.2) is 0 Å². The molecule has 4 heteroatoms. The van der Waals surface area contributed by atoms with Gasteiger partial charge in [-0.1, -0.05) is 0 Å². The van der Waals surface area contributed by atoms with Gasteiger partial charge in [0, 0.05) is 0 Å². The largest absolute Gasteiger partial charge is 0.391 e. The van der Waals surface area contributed by atoms with Crippen LogP contribution in [-0.4, -0.2) is 45.8 Å². The summed E-state index contributed by atoms with van der Waals surface area (Å²) in [6.07, 6.45) is -0.809. The highest BCUT2D eigenvalue weighted by atomic mass is 16.6. The van der Waals surface area contributed by atoms with Crippen molar-refractivity contribution in [1.82, 2.24) is 0 Å². The zero-order chi connectivity index (χ0) is 14.7. The lowest BCUT2D eigenvalue weighted by Crippen LogP contribution is -2.59. The number of rotatable bonds is 1. The fourth-order valence-corrected chi connectivity index (χ4v) is 1.40. The van der Waals surface area contributed by atoms with Crippen molar-refractivity contribution in [3.05, 3.63) is 0 Å². The third kappa shape index (κ3) is 4.84. The molecule has 1 rings (SSSR count). The van der Waals surface area contributed by atoms with Crippen molar-refractivity contribution in [3.8, 4) is 0 Å². The number of ether oxygens (including phenoxy) is 2. The first-order valence-electron chi connectivity index (χ1n) is 6.62. The molecule has 0 saturated carbocycles. The van der Waals surface area contributed by atoms with Crippen LogP contribution in [0.2, 0.25) is 0 Å². The first-order valence-corrected chi connectivity index (χ1v) is 6.62. The number of aliphatic hydroxyl groups excluding tert-OH is 2. The molecule has 4 nitrogen and oxygen atoms in total. The van der Waals surface area contributed by atoms with Crippen LogP contribution in [0, 0.1) is 0 Å². The predicted octanol–water partition coefficient (Wildman–Crippen LogP) is 2.12. The lowest BCUT2D eigenvalue weighted by atomic mass is 9.87. The van der Waals surface area contributed by atoms with Crippen molar-refractivity contribution in [1.29, 1.82) is 0 Å². The molecule has 0 aromatic rings. The van der Waals surface area contributed by atoms with E-state index in [9.17, 15) is 0 Å². The second-order valence-corrected chi connectivity index (χ2v) is 6.15. The zero-order valence-electron chi connectivity index (χ0n) is 13.0. The molecule has 0 radical (unpaired) electrons. The van der Waals surface area contributed by atoms with Crippen LogP contribution in [0.5, 0.6) is 0 Å². The second-order valence-electron chi connectivity index (χ2n) is 6.15. The van der Waals surface area contributed by atoms with E-state index in [2.05, 4.69) is 41.5 Å². The first-order chi connectivity index (χ1) is 7.90. The third-order valence-electron chi connectivity index (χ3n) is 3.77. The summed E-state index contributed by atoms with van der Waals surface area (Å²) in [5.41, 5.74) is -0.391. The average molecular weight is 262 g/mol. The summed E-state index contributed by atoms with van der Waals surface area (Å²) in [4.78, 5) is 0. The summed E-state index contributed by atoms with van der Waals surface area (Å²) in [5, 5.41) is 16.8. The second kappa shape index (κ2) is 6.33. The molecule has 4 atom stereocenters. The summed E-state index contributed by atoms with van der Waals surface area (Å²) in [5.74, 6) is 0. The van der Waals surface area contributed by atoms with E-state index in [1.807, 2.05) is 0 Å². The van der Waals surface area contributed by atoms with Gasteiger partial charge in [-0.3, -0.25) is 0 Å². The normalized spacial score (nSPS) is 33.0. The van der Waals surface area contributed by atoms with E-state index in [1.54, 1.807) is 13.8 Å². The standard InChI is InChI=1S/C10H20O2.C4H10O2/c1-7-8(2)12-10(5,6)9(3,4)11-7;1-3(5)4(2)6/h7-8H,1-6H3;3-6H,1-2H3/t7-,8+;3-,4+. The SMILES string of the molecule is C[C@@H]1OC(C)(C)C(C)(C)O[C@@H]1C.C[C@H](O)[C@@H](C)O. The van der Waals surface area contributed by atoms with Gasteiger partial charge in [0.2, 0.25) is 0 Å². The summed E-state index contributed by atoms with van der Waals surface area (Å²) in [6.45, 7) is 15.5. The predicted molar refractivity (Wildman–Crippen MR) is 72.6 cm³/mol. The summed E-state index contributed by atoms with van der Waals surface area (Å²) in [7, 11) is 0. The van der Waals surface area contributed by atoms with Crippen molar-refractivity contribution in [2.24, 2.45) is 0 Å². The molecule has 0 bridgehead atoms. The van der Waals surface area contributed by atoms with E-state index in [-0.39, 0.29) is 23.4 Å². The minimum Gasteiger partial charge on any atom is -0.391 e. The van der Waals surface area contributed by atoms with Crippen LogP contribution in [0.25, 0.3) is 0 Å². The quantitative estimate of drug-likeness (QED) is 0.760. The Morgan fingerprint density at radius 1 is 0.778 bits per heavy atom. The van der Waals surface area contributed by atoms with E-state index < -0.39 is 12.2 Å². The molecule has 1 saturated heterocycles. The molecule has 1 aliphatic rings. The van der Waals surface area contributed by atoms with Crippen LogP contribution >= 0.6 is 0 Å². The fourth-order valence-electron chi connectivity index (χ4n) is 1.40. The van der Waals surface area contributed by atoms with Gasteiger partial charge in [0.15, 0.2) is 0 Å². The first kappa shape index (κ1) is 17.8. The van der Waals surface area contributed by atoms with Crippen LogP contribution in [0.4, 0.5) is 0 Å². The molecule has 18 heavy (non-hydrogen) atoms. The number of aliphatic hydroxyl groups is 2. The lowest BCUT2D eigenvalue weighted by molar-refractivity contribution is -0.285. The monoisotopic (exact) mass is 262 g/mol. The van der Waals surface area contributed by atoms with Gasteiger partial charge in [-0.05, 0) is 55.4 Å². The highest BCUT2D eigenvalue weighted by molar-refractivity contribution is 4.94. The molecular weight excluding hydrogens is 232 g/mol. The van der Waals surface area contributed by atoms with Crippen LogP contribution in [0.3, 0.4) is 0 Å². The maximum Gasteiger partial charge on any atom is 0.0914 e. The molecule has 110 valence electrons. The minimum atomic E-state index is -0.593. The Balaban J connectivity index is 0.000000411. The molecular formula is C14H30O4. The highest BCUT2D eigenvalue weighted by Gasteiger charge is 2.46. The van der Waals surface area contributed by atoms with Gasteiger partial charge in [-0.15, -0.1) is 0 Å². The van der Waals surface area contributed by atoms with Crippen LogP contribution < -0.4 is 0 Å². The highest BCUT2D eigenvalue weighted by Crippen LogP contribution is 2.36. The number of hydrogen-bond acceptors (Lipinski definition) is 4. The fraction of sp³-hybridized carbons (Fsp3) is 1.00. The number of hydrogen-bond donors (Lipinski definition) is 2. The molecule has 2 N–H and O–H groups in total. The molecule has 1 heterocycles. The van der Waals surface area contributed by atoms with Gasteiger partial charge in [0.25, 0.3) is 0 Å². The topological polar surface area (TPSA) is 58.9 Å². The Bertz CT molecular complexity index is 220. The van der Waals surface area contributed by atoms with Crippen molar-refractivity contribution in [2.75, 3.05) is 0 Å². The van der Waals surface area contributed by atoms with Crippen LogP contribution in [-0.2, 0) is 9.47 Å². The Morgan fingerprint density at radius 2 is 1.00 bits per heavy atom. The van der Waals surface area contributed by atoms with E-state index in [0.717, 1.165) is 0 Å². The summed E-state index contributed by atoms with van der Waals surface area (Å²) >= 11 is 0. The molecule has 0 aliphatic carbocycles. The Labute approximate surface area is 111 Å².